The molecule has 0 N–H and O–H groups in total. The number of sulfonamides is 1. The topological polar surface area (TPSA) is 111 Å². The van der Waals surface area contributed by atoms with Gasteiger partial charge in [0.1, 0.15) is 11.9 Å². The van der Waals surface area contributed by atoms with E-state index in [1.54, 1.807) is 42.2 Å². The van der Waals surface area contributed by atoms with Crippen molar-refractivity contribution in [1.29, 1.82) is 0 Å². The number of esters is 1. The van der Waals surface area contributed by atoms with Gasteiger partial charge in [0, 0.05) is 13.1 Å². The van der Waals surface area contributed by atoms with Crippen LogP contribution in [0.2, 0.25) is 0 Å². The smallest absolute Gasteiger partial charge is 0.410 e. The fourth-order valence-corrected chi connectivity index (χ4v) is 6.23. The van der Waals surface area contributed by atoms with E-state index in [9.17, 15) is 18.0 Å². The quantitative estimate of drug-likeness (QED) is 0.277. The summed E-state index contributed by atoms with van der Waals surface area (Å²) in [6.45, 7) is 14.0. The maximum atomic E-state index is 14.0. The molecule has 2 heterocycles. The summed E-state index contributed by atoms with van der Waals surface area (Å²) in [7, 11) is -4.13. The van der Waals surface area contributed by atoms with Crippen molar-refractivity contribution >= 4 is 33.1 Å². The molecule has 2 aromatic carbocycles. The molecule has 1 fully saturated rings. The molecule has 1 aliphatic heterocycles. The third kappa shape index (κ3) is 6.90. The summed E-state index contributed by atoms with van der Waals surface area (Å²) >= 11 is 0. The van der Waals surface area contributed by atoms with E-state index in [4.69, 9.17) is 9.47 Å². The second-order valence-corrected chi connectivity index (χ2v) is 13.2. The lowest BCUT2D eigenvalue weighted by Crippen LogP contribution is -2.48. The molecular weight excluding hydrogens is 544 g/mol. The first kappa shape index (κ1) is 30.1. The van der Waals surface area contributed by atoms with Crippen LogP contribution in [-0.2, 0) is 24.3 Å². The van der Waals surface area contributed by atoms with E-state index in [0.29, 0.717) is 37.0 Å². The Kier molecular flexibility index (Phi) is 8.77. The maximum absolute atomic E-state index is 14.0. The van der Waals surface area contributed by atoms with Crippen molar-refractivity contribution in [1.82, 2.24) is 14.6 Å². The Morgan fingerprint density at radius 2 is 1.73 bits per heavy atom. The van der Waals surface area contributed by atoms with Crippen LogP contribution in [0.15, 0.2) is 71.9 Å². The van der Waals surface area contributed by atoms with E-state index in [0.717, 1.165) is 9.98 Å². The molecule has 41 heavy (non-hydrogen) atoms. The van der Waals surface area contributed by atoms with Gasteiger partial charge in [-0.05, 0) is 77.6 Å². The standard InChI is InChI=1S/C30H38N4O6S/c1-21-11-13-25(14-12-21)41(37,38)34(33-20-31-26-9-7-8-10-27(26)33)23(3)22(2)28(35)39-19-24-15-17-32(18-16-24)29(36)40-30(4,5)6/h7-14,20,23-24H,2,15-19H2,1,3-6H3. The number of para-hydroxylation sites is 2. The fourth-order valence-electron chi connectivity index (χ4n) is 4.63. The monoisotopic (exact) mass is 582 g/mol. The van der Waals surface area contributed by atoms with Crippen molar-refractivity contribution in [2.45, 2.75) is 64.0 Å². The molecule has 0 spiro atoms. The predicted octanol–water partition coefficient (Wildman–Crippen LogP) is 4.81. The Labute approximate surface area is 241 Å². The van der Waals surface area contributed by atoms with E-state index in [1.165, 1.54) is 23.1 Å². The summed E-state index contributed by atoms with van der Waals surface area (Å²) in [5.74, 6) is -0.619. The highest BCUT2D eigenvalue weighted by Crippen LogP contribution is 2.25. The number of amides is 1. The summed E-state index contributed by atoms with van der Waals surface area (Å²) < 4.78 is 41.6. The molecule has 11 heteroatoms. The van der Waals surface area contributed by atoms with Gasteiger partial charge >= 0.3 is 12.1 Å². The molecule has 1 amide bonds. The Morgan fingerprint density at radius 1 is 1.10 bits per heavy atom. The molecule has 0 aliphatic carbocycles. The minimum absolute atomic E-state index is 0.00958. The van der Waals surface area contributed by atoms with E-state index in [2.05, 4.69) is 11.6 Å². The zero-order chi connectivity index (χ0) is 29.9. The van der Waals surface area contributed by atoms with Crippen molar-refractivity contribution in [2.24, 2.45) is 5.92 Å². The number of nitrogens with zero attached hydrogens (tertiary/aromatic N) is 4. The molecule has 1 aliphatic rings. The molecular formula is C30H38N4O6S. The van der Waals surface area contributed by atoms with Crippen molar-refractivity contribution in [3.63, 3.8) is 0 Å². The van der Waals surface area contributed by atoms with Gasteiger partial charge in [-0.2, -0.15) is 12.8 Å². The predicted molar refractivity (Wildman–Crippen MR) is 156 cm³/mol. The molecule has 1 saturated heterocycles. The van der Waals surface area contributed by atoms with Crippen molar-refractivity contribution in [2.75, 3.05) is 24.1 Å². The molecule has 1 atom stereocenters. The van der Waals surface area contributed by atoms with Crippen LogP contribution in [0, 0.1) is 12.8 Å². The largest absolute Gasteiger partial charge is 0.462 e. The fraction of sp³-hybridized carbons (Fsp3) is 0.433. The molecule has 1 aromatic heterocycles. The summed E-state index contributed by atoms with van der Waals surface area (Å²) in [5.41, 5.74) is 1.51. The number of aromatic nitrogens is 2. The van der Waals surface area contributed by atoms with Gasteiger partial charge in [0.15, 0.2) is 0 Å². The van der Waals surface area contributed by atoms with E-state index < -0.39 is 27.6 Å². The Hall–Kier alpha value is -3.86. The minimum atomic E-state index is -4.13. The van der Waals surface area contributed by atoms with E-state index in [-0.39, 0.29) is 29.1 Å². The molecule has 220 valence electrons. The minimum Gasteiger partial charge on any atom is -0.462 e. The third-order valence-electron chi connectivity index (χ3n) is 7.03. The van der Waals surface area contributed by atoms with Crippen LogP contribution in [0.5, 0.6) is 0 Å². The number of aryl methyl sites for hydroxylation is 1. The number of carbonyl (C=O) groups excluding carboxylic acids is 2. The number of imidazole rings is 1. The summed E-state index contributed by atoms with van der Waals surface area (Å²) in [6.07, 6.45) is 2.38. The van der Waals surface area contributed by atoms with Gasteiger partial charge in [0.2, 0.25) is 0 Å². The zero-order valence-electron chi connectivity index (χ0n) is 24.2. The average Bonchev–Trinajstić information content (AvgIpc) is 3.34. The Balaban J connectivity index is 1.48. The molecule has 0 radical (unpaired) electrons. The van der Waals surface area contributed by atoms with Gasteiger partial charge in [0.25, 0.3) is 10.0 Å². The number of hydrogen-bond donors (Lipinski definition) is 0. The summed E-state index contributed by atoms with van der Waals surface area (Å²) in [4.78, 5) is 31.6. The Bertz CT molecular complexity index is 1520. The third-order valence-corrected chi connectivity index (χ3v) is 8.88. The first-order valence-corrected chi connectivity index (χ1v) is 15.1. The number of rotatable bonds is 8. The van der Waals surface area contributed by atoms with Crippen LogP contribution in [0.3, 0.4) is 0 Å². The highest BCUT2D eigenvalue weighted by atomic mass is 32.2. The summed E-state index contributed by atoms with van der Waals surface area (Å²) in [6, 6.07) is 12.7. The lowest BCUT2D eigenvalue weighted by molar-refractivity contribution is -0.141. The number of ether oxygens (including phenoxy) is 2. The van der Waals surface area contributed by atoms with Gasteiger partial charge in [-0.25, -0.2) is 19.2 Å². The maximum Gasteiger partial charge on any atom is 0.410 e. The van der Waals surface area contributed by atoms with Crippen LogP contribution in [0.4, 0.5) is 4.79 Å². The number of carbonyl (C=O) groups is 2. The number of benzene rings is 2. The van der Waals surface area contributed by atoms with Crippen LogP contribution < -0.4 is 4.41 Å². The van der Waals surface area contributed by atoms with Crippen molar-refractivity contribution in [3.05, 3.63) is 72.6 Å². The van der Waals surface area contributed by atoms with Crippen LogP contribution in [-0.4, -0.2) is 66.4 Å². The summed E-state index contributed by atoms with van der Waals surface area (Å²) in [5, 5.41) is 0. The number of hydrogen-bond acceptors (Lipinski definition) is 7. The second kappa shape index (κ2) is 11.9. The second-order valence-electron chi connectivity index (χ2n) is 11.4. The van der Waals surface area contributed by atoms with Crippen LogP contribution >= 0.6 is 0 Å². The molecule has 10 nitrogen and oxygen atoms in total. The molecule has 0 bridgehead atoms. The SMILES string of the molecule is C=C(C(=O)OCC1CCN(C(=O)OC(C)(C)C)CC1)C(C)N(n1cnc2ccccc21)S(=O)(=O)c1ccc(C)cc1. The highest BCUT2D eigenvalue weighted by molar-refractivity contribution is 7.92. The van der Waals surface area contributed by atoms with Gasteiger partial charge in [-0.15, -0.1) is 0 Å². The number of fused-ring (bicyclic) bond motifs is 1. The van der Waals surface area contributed by atoms with Gasteiger partial charge in [-0.3, -0.25) is 0 Å². The highest BCUT2D eigenvalue weighted by Gasteiger charge is 2.35. The lowest BCUT2D eigenvalue weighted by atomic mass is 9.98. The van der Waals surface area contributed by atoms with Gasteiger partial charge < -0.3 is 14.4 Å². The van der Waals surface area contributed by atoms with Crippen LogP contribution in [0.1, 0.15) is 46.1 Å². The first-order valence-electron chi connectivity index (χ1n) is 13.7. The van der Waals surface area contributed by atoms with Crippen molar-refractivity contribution in [3.8, 4) is 0 Å². The van der Waals surface area contributed by atoms with E-state index >= 15 is 0 Å². The molecule has 1 unspecified atom stereocenters. The van der Waals surface area contributed by atoms with Crippen LogP contribution in [0.25, 0.3) is 11.0 Å². The molecule has 0 saturated carbocycles. The molecule has 4 rings (SSSR count). The zero-order valence-corrected chi connectivity index (χ0v) is 25.1. The van der Waals surface area contributed by atoms with Gasteiger partial charge in [-0.1, -0.05) is 36.4 Å². The van der Waals surface area contributed by atoms with Gasteiger partial charge in [0.05, 0.1) is 34.2 Å². The normalized spacial score (nSPS) is 15.4. The number of piperidine rings is 1. The lowest BCUT2D eigenvalue weighted by Gasteiger charge is -2.33. The number of likely N-dealkylation sites (tertiary alicyclic amines) is 1. The first-order chi connectivity index (χ1) is 19.3. The van der Waals surface area contributed by atoms with Crippen molar-refractivity contribution < 1.29 is 27.5 Å². The van der Waals surface area contributed by atoms with E-state index in [1.807, 2.05) is 33.8 Å². The Morgan fingerprint density at radius 3 is 2.37 bits per heavy atom. The molecule has 3 aromatic rings. The average molecular weight is 583 g/mol.